The van der Waals surface area contributed by atoms with Crippen LogP contribution in [0, 0.1) is 0 Å². The second-order valence-corrected chi connectivity index (χ2v) is 4.02. The molecule has 1 N–H and O–H groups in total. The van der Waals surface area contributed by atoms with Crippen LogP contribution < -0.4 is 5.32 Å². The van der Waals surface area contributed by atoms with Gasteiger partial charge in [-0.3, -0.25) is 4.90 Å². The fraction of sp³-hybridized carbons (Fsp3) is 1.00. The van der Waals surface area contributed by atoms with Crippen molar-refractivity contribution in [3.8, 4) is 0 Å². The van der Waals surface area contributed by atoms with Gasteiger partial charge >= 0.3 is 0 Å². The van der Waals surface area contributed by atoms with Crippen molar-refractivity contribution in [2.24, 2.45) is 0 Å². The molecule has 0 spiro atoms. The van der Waals surface area contributed by atoms with Gasteiger partial charge < -0.3 is 5.32 Å². The third kappa shape index (κ3) is 2.46. The van der Waals surface area contributed by atoms with Crippen LogP contribution in [0.15, 0.2) is 0 Å². The fourth-order valence-corrected chi connectivity index (χ4v) is 1.79. The highest BCUT2D eigenvalue weighted by molar-refractivity contribution is 4.82. The summed E-state index contributed by atoms with van der Waals surface area (Å²) in [6, 6.07) is 2.00. The van der Waals surface area contributed by atoms with Gasteiger partial charge in [-0.15, -0.1) is 0 Å². The molecule has 0 aromatic heterocycles. The van der Waals surface area contributed by atoms with Gasteiger partial charge in [-0.25, -0.2) is 0 Å². The third-order valence-electron chi connectivity index (χ3n) is 2.32. The molecule has 2 nitrogen and oxygen atoms in total. The summed E-state index contributed by atoms with van der Waals surface area (Å²) in [5.74, 6) is 0. The summed E-state index contributed by atoms with van der Waals surface area (Å²) in [7, 11) is 0. The Balaban J connectivity index is 2.43. The van der Waals surface area contributed by atoms with E-state index in [9.17, 15) is 0 Å². The van der Waals surface area contributed by atoms with E-state index in [0.717, 1.165) is 0 Å². The minimum Gasteiger partial charge on any atom is -0.309 e. The molecular formula is C9H20N2. The van der Waals surface area contributed by atoms with Crippen molar-refractivity contribution in [1.82, 2.24) is 10.2 Å². The molecule has 2 unspecified atom stereocenters. The molecule has 1 heterocycles. The van der Waals surface area contributed by atoms with E-state index in [1.165, 1.54) is 13.1 Å². The highest BCUT2D eigenvalue weighted by atomic mass is 15.2. The van der Waals surface area contributed by atoms with Gasteiger partial charge in [0.2, 0.25) is 0 Å². The van der Waals surface area contributed by atoms with Crippen LogP contribution in [0.1, 0.15) is 27.7 Å². The molecule has 1 saturated heterocycles. The van der Waals surface area contributed by atoms with Crippen LogP contribution in [0.25, 0.3) is 0 Å². The van der Waals surface area contributed by atoms with Gasteiger partial charge in [0.15, 0.2) is 0 Å². The predicted octanol–water partition coefficient (Wildman–Crippen LogP) is 1.08. The van der Waals surface area contributed by atoms with Crippen molar-refractivity contribution in [2.75, 3.05) is 13.1 Å². The second-order valence-electron chi connectivity index (χ2n) is 4.02. The van der Waals surface area contributed by atoms with Crippen LogP contribution in [-0.4, -0.2) is 36.1 Å². The Morgan fingerprint density at radius 2 is 1.64 bits per heavy atom. The Bertz CT molecular complexity index is 113. The quantitative estimate of drug-likeness (QED) is 0.611. The van der Waals surface area contributed by atoms with E-state index in [4.69, 9.17) is 0 Å². The van der Waals surface area contributed by atoms with Crippen LogP contribution in [-0.2, 0) is 0 Å². The van der Waals surface area contributed by atoms with Crippen LogP contribution in [0.3, 0.4) is 0 Å². The first-order chi connectivity index (χ1) is 5.09. The molecule has 2 atom stereocenters. The molecule has 0 radical (unpaired) electrons. The maximum atomic E-state index is 3.52. The smallest absolute Gasteiger partial charge is 0.0169 e. The van der Waals surface area contributed by atoms with Crippen LogP contribution >= 0.6 is 0 Å². The molecule has 11 heavy (non-hydrogen) atoms. The van der Waals surface area contributed by atoms with Crippen molar-refractivity contribution in [1.29, 1.82) is 0 Å². The number of rotatable bonds is 1. The highest BCUT2D eigenvalue weighted by Gasteiger charge is 2.21. The summed E-state index contributed by atoms with van der Waals surface area (Å²) in [6.07, 6.45) is 0. The summed E-state index contributed by atoms with van der Waals surface area (Å²) >= 11 is 0. The lowest BCUT2D eigenvalue weighted by Gasteiger charge is -2.38. The Labute approximate surface area is 70.0 Å². The fourth-order valence-electron chi connectivity index (χ4n) is 1.79. The standard InChI is InChI=1S/C9H20N2/c1-7(2)11-5-8(3)10-9(4)6-11/h7-10H,5-6H2,1-4H3. The van der Waals surface area contributed by atoms with Crippen LogP contribution in [0.4, 0.5) is 0 Å². The third-order valence-corrected chi connectivity index (χ3v) is 2.32. The number of nitrogens with one attached hydrogen (secondary N) is 1. The van der Waals surface area contributed by atoms with Gasteiger partial charge in [0, 0.05) is 31.2 Å². The lowest BCUT2D eigenvalue weighted by atomic mass is 10.1. The van der Waals surface area contributed by atoms with Crippen molar-refractivity contribution < 1.29 is 0 Å². The van der Waals surface area contributed by atoms with Gasteiger partial charge in [0.25, 0.3) is 0 Å². The number of hydrogen-bond acceptors (Lipinski definition) is 2. The van der Waals surface area contributed by atoms with Crippen molar-refractivity contribution in [2.45, 2.75) is 45.8 Å². The Hall–Kier alpha value is -0.0800. The Morgan fingerprint density at radius 1 is 1.18 bits per heavy atom. The Kier molecular flexibility index (Phi) is 2.90. The van der Waals surface area contributed by atoms with E-state index in [1.807, 2.05) is 0 Å². The van der Waals surface area contributed by atoms with Gasteiger partial charge in [-0.2, -0.15) is 0 Å². The van der Waals surface area contributed by atoms with Gasteiger partial charge in [0.05, 0.1) is 0 Å². The lowest BCUT2D eigenvalue weighted by Crippen LogP contribution is -2.55. The van der Waals surface area contributed by atoms with Crippen molar-refractivity contribution in [3.63, 3.8) is 0 Å². The summed E-state index contributed by atoms with van der Waals surface area (Å²) in [4.78, 5) is 2.53. The zero-order chi connectivity index (χ0) is 8.43. The van der Waals surface area contributed by atoms with E-state index in [2.05, 4.69) is 37.9 Å². The average molecular weight is 156 g/mol. The first-order valence-electron chi connectivity index (χ1n) is 4.59. The Morgan fingerprint density at radius 3 is 2.00 bits per heavy atom. The monoisotopic (exact) mass is 156 g/mol. The molecule has 1 rings (SSSR count). The summed E-state index contributed by atoms with van der Waals surface area (Å²) in [5.41, 5.74) is 0. The van der Waals surface area contributed by atoms with E-state index in [0.29, 0.717) is 18.1 Å². The SMILES string of the molecule is CC1CN(C(C)C)CC(C)N1. The molecule has 1 fully saturated rings. The maximum absolute atomic E-state index is 3.52. The molecule has 0 aromatic rings. The molecule has 1 aliphatic heterocycles. The highest BCUT2D eigenvalue weighted by Crippen LogP contribution is 2.07. The zero-order valence-corrected chi connectivity index (χ0v) is 8.09. The summed E-state index contributed by atoms with van der Waals surface area (Å²) < 4.78 is 0. The maximum Gasteiger partial charge on any atom is 0.0169 e. The second kappa shape index (κ2) is 3.55. The predicted molar refractivity (Wildman–Crippen MR) is 48.8 cm³/mol. The summed E-state index contributed by atoms with van der Waals surface area (Å²) in [6.45, 7) is 11.4. The first kappa shape index (κ1) is 9.01. The molecule has 0 saturated carbocycles. The first-order valence-corrected chi connectivity index (χ1v) is 4.59. The summed E-state index contributed by atoms with van der Waals surface area (Å²) in [5, 5.41) is 3.52. The molecular weight excluding hydrogens is 136 g/mol. The lowest BCUT2D eigenvalue weighted by molar-refractivity contribution is 0.139. The minimum absolute atomic E-state index is 0.654. The molecule has 1 aliphatic rings. The van der Waals surface area contributed by atoms with Gasteiger partial charge in [0.1, 0.15) is 0 Å². The molecule has 0 amide bonds. The molecule has 66 valence electrons. The minimum atomic E-state index is 0.654. The molecule has 0 aromatic carbocycles. The van der Waals surface area contributed by atoms with Crippen molar-refractivity contribution in [3.05, 3.63) is 0 Å². The number of hydrogen-bond donors (Lipinski definition) is 1. The van der Waals surface area contributed by atoms with E-state index >= 15 is 0 Å². The van der Waals surface area contributed by atoms with Gasteiger partial charge in [-0.05, 0) is 27.7 Å². The average Bonchev–Trinajstić information content (AvgIpc) is 1.85. The molecule has 0 bridgehead atoms. The number of nitrogens with zero attached hydrogens (tertiary/aromatic N) is 1. The van der Waals surface area contributed by atoms with Crippen LogP contribution in [0.2, 0.25) is 0 Å². The zero-order valence-electron chi connectivity index (χ0n) is 8.09. The normalized spacial score (nSPS) is 34.6. The van der Waals surface area contributed by atoms with Gasteiger partial charge in [-0.1, -0.05) is 0 Å². The molecule has 2 heteroatoms. The van der Waals surface area contributed by atoms with E-state index in [1.54, 1.807) is 0 Å². The topological polar surface area (TPSA) is 15.3 Å². The number of piperazine rings is 1. The van der Waals surface area contributed by atoms with E-state index in [-0.39, 0.29) is 0 Å². The molecule has 0 aliphatic carbocycles. The van der Waals surface area contributed by atoms with Crippen molar-refractivity contribution >= 4 is 0 Å². The van der Waals surface area contributed by atoms with Crippen LogP contribution in [0.5, 0.6) is 0 Å². The van der Waals surface area contributed by atoms with E-state index < -0.39 is 0 Å². The largest absolute Gasteiger partial charge is 0.309 e.